The number of ether oxygens (including phenoxy) is 3. The molecule has 0 aromatic heterocycles. The van der Waals surface area contributed by atoms with Gasteiger partial charge in [-0.05, 0) is 37.3 Å². The molecule has 3 aliphatic rings. The second-order valence-electron chi connectivity index (χ2n) is 5.19. The fourth-order valence-electron chi connectivity index (χ4n) is 3.74. The summed E-state index contributed by atoms with van der Waals surface area (Å²) in [6.45, 7) is 0. The van der Waals surface area contributed by atoms with Crippen LogP contribution in [0.1, 0.15) is 42.2 Å². The van der Waals surface area contributed by atoms with Crippen LogP contribution in [-0.4, -0.2) is 27.4 Å². The molecule has 3 heteroatoms. The molecule has 3 atom stereocenters. The van der Waals surface area contributed by atoms with E-state index in [1.807, 2.05) is 19.2 Å². The van der Waals surface area contributed by atoms with Gasteiger partial charge in [-0.25, -0.2) is 0 Å². The van der Waals surface area contributed by atoms with Gasteiger partial charge >= 0.3 is 0 Å². The maximum atomic E-state index is 5.66. The zero-order chi connectivity index (χ0) is 12.7. The van der Waals surface area contributed by atoms with E-state index >= 15 is 0 Å². The maximum absolute atomic E-state index is 5.66. The lowest BCUT2D eigenvalue weighted by molar-refractivity contribution is 0.0342. The van der Waals surface area contributed by atoms with Crippen LogP contribution in [-0.2, 0) is 4.74 Å². The molecule has 2 bridgehead atoms. The molecule has 4 rings (SSSR count). The van der Waals surface area contributed by atoms with Gasteiger partial charge < -0.3 is 14.2 Å². The second-order valence-corrected chi connectivity index (χ2v) is 5.19. The molecule has 0 N–H and O–H groups in total. The molecule has 3 unspecified atom stereocenters. The van der Waals surface area contributed by atoms with E-state index < -0.39 is 0 Å². The molecule has 1 aromatic rings. The zero-order valence-electron chi connectivity index (χ0n) is 11.2. The van der Waals surface area contributed by atoms with Crippen molar-refractivity contribution in [3.05, 3.63) is 23.3 Å². The van der Waals surface area contributed by atoms with Gasteiger partial charge in [-0.2, -0.15) is 0 Å². The van der Waals surface area contributed by atoms with Crippen LogP contribution >= 0.6 is 0 Å². The number of fused-ring (bicyclic) bond motifs is 2. The first-order valence-electron chi connectivity index (χ1n) is 6.57. The summed E-state index contributed by atoms with van der Waals surface area (Å²) < 4.78 is 16.7. The fraction of sp³-hybridized carbons (Fsp3) is 0.600. The van der Waals surface area contributed by atoms with Gasteiger partial charge in [0, 0.05) is 24.2 Å². The van der Waals surface area contributed by atoms with Crippen molar-refractivity contribution in [1.29, 1.82) is 0 Å². The predicted octanol–water partition coefficient (Wildman–Crippen LogP) is 3.08. The zero-order valence-corrected chi connectivity index (χ0v) is 11.2. The van der Waals surface area contributed by atoms with Crippen LogP contribution in [0.15, 0.2) is 12.1 Å². The average molecular weight is 248 g/mol. The minimum Gasteiger partial charge on any atom is -0.496 e. The van der Waals surface area contributed by atoms with Gasteiger partial charge in [0.1, 0.15) is 11.5 Å². The molecule has 0 aliphatic heterocycles. The highest BCUT2D eigenvalue weighted by atomic mass is 16.5. The molecule has 0 heterocycles. The molecular formula is C15H20O3. The van der Waals surface area contributed by atoms with E-state index in [2.05, 4.69) is 0 Å². The van der Waals surface area contributed by atoms with E-state index in [1.54, 1.807) is 14.2 Å². The SMILES string of the molecule is COc1ccc(OC)c2c1C1CCC2C(OC)C1. The molecule has 98 valence electrons. The molecule has 1 fully saturated rings. The third-order valence-corrected chi connectivity index (χ3v) is 4.52. The third-order valence-electron chi connectivity index (χ3n) is 4.52. The minimum atomic E-state index is 0.331. The van der Waals surface area contributed by atoms with E-state index in [0.29, 0.717) is 17.9 Å². The van der Waals surface area contributed by atoms with Gasteiger partial charge in [0.2, 0.25) is 0 Å². The van der Waals surface area contributed by atoms with E-state index in [0.717, 1.165) is 17.9 Å². The summed E-state index contributed by atoms with van der Waals surface area (Å²) >= 11 is 0. The Morgan fingerprint density at radius 2 is 1.61 bits per heavy atom. The van der Waals surface area contributed by atoms with Crippen molar-refractivity contribution in [2.24, 2.45) is 0 Å². The molecule has 0 amide bonds. The van der Waals surface area contributed by atoms with Crippen molar-refractivity contribution in [3.8, 4) is 11.5 Å². The molecule has 1 aromatic carbocycles. The van der Waals surface area contributed by atoms with Crippen LogP contribution in [0.2, 0.25) is 0 Å². The first-order chi connectivity index (χ1) is 8.80. The fourth-order valence-corrected chi connectivity index (χ4v) is 3.74. The van der Waals surface area contributed by atoms with E-state index in [9.17, 15) is 0 Å². The number of hydrogen-bond acceptors (Lipinski definition) is 3. The maximum Gasteiger partial charge on any atom is 0.122 e. The highest BCUT2D eigenvalue weighted by molar-refractivity contribution is 5.55. The molecule has 1 saturated carbocycles. The smallest absolute Gasteiger partial charge is 0.122 e. The van der Waals surface area contributed by atoms with Gasteiger partial charge in [-0.1, -0.05) is 0 Å². The van der Waals surface area contributed by atoms with Crippen LogP contribution in [0.5, 0.6) is 11.5 Å². The van der Waals surface area contributed by atoms with Gasteiger partial charge in [-0.15, -0.1) is 0 Å². The monoisotopic (exact) mass is 248 g/mol. The Kier molecular flexibility index (Phi) is 2.94. The Labute approximate surface area is 108 Å². The minimum absolute atomic E-state index is 0.331. The first kappa shape index (κ1) is 11.8. The first-order valence-corrected chi connectivity index (χ1v) is 6.57. The van der Waals surface area contributed by atoms with Crippen LogP contribution in [0.4, 0.5) is 0 Å². The molecular weight excluding hydrogens is 228 g/mol. The van der Waals surface area contributed by atoms with Crippen molar-refractivity contribution >= 4 is 0 Å². The molecule has 0 radical (unpaired) electrons. The Morgan fingerprint density at radius 3 is 2.22 bits per heavy atom. The van der Waals surface area contributed by atoms with E-state index in [-0.39, 0.29) is 0 Å². The molecule has 18 heavy (non-hydrogen) atoms. The van der Waals surface area contributed by atoms with E-state index in [4.69, 9.17) is 14.2 Å². The molecule has 3 nitrogen and oxygen atoms in total. The summed E-state index contributed by atoms with van der Waals surface area (Å²) in [7, 11) is 5.31. The van der Waals surface area contributed by atoms with Crippen molar-refractivity contribution in [2.75, 3.05) is 21.3 Å². The lowest BCUT2D eigenvalue weighted by Gasteiger charge is -2.44. The van der Waals surface area contributed by atoms with Gasteiger partial charge in [0.25, 0.3) is 0 Å². The van der Waals surface area contributed by atoms with Gasteiger partial charge in [0.05, 0.1) is 20.3 Å². The molecule has 0 saturated heterocycles. The number of hydrogen-bond donors (Lipinski definition) is 0. The van der Waals surface area contributed by atoms with Crippen LogP contribution in [0.3, 0.4) is 0 Å². The topological polar surface area (TPSA) is 27.7 Å². The highest BCUT2D eigenvalue weighted by Crippen LogP contribution is 2.55. The Morgan fingerprint density at radius 1 is 0.944 bits per heavy atom. The van der Waals surface area contributed by atoms with Crippen molar-refractivity contribution < 1.29 is 14.2 Å². The van der Waals surface area contributed by atoms with Crippen LogP contribution in [0, 0.1) is 0 Å². The number of rotatable bonds is 3. The normalized spacial score (nSPS) is 28.9. The largest absolute Gasteiger partial charge is 0.496 e. The van der Waals surface area contributed by atoms with Crippen molar-refractivity contribution in [3.63, 3.8) is 0 Å². The summed E-state index contributed by atoms with van der Waals surface area (Å²) in [6.07, 6.45) is 3.87. The highest BCUT2D eigenvalue weighted by Gasteiger charge is 2.43. The third kappa shape index (κ3) is 1.53. The van der Waals surface area contributed by atoms with Crippen LogP contribution < -0.4 is 9.47 Å². The predicted molar refractivity (Wildman–Crippen MR) is 69.7 cm³/mol. The second kappa shape index (κ2) is 4.47. The van der Waals surface area contributed by atoms with Crippen molar-refractivity contribution in [2.45, 2.75) is 37.2 Å². The Bertz CT molecular complexity index is 455. The van der Waals surface area contributed by atoms with Gasteiger partial charge in [0.15, 0.2) is 0 Å². The van der Waals surface area contributed by atoms with E-state index in [1.165, 1.54) is 24.0 Å². The Hall–Kier alpha value is -1.22. The quantitative estimate of drug-likeness (QED) is 0.822. The lowest BCUT2D eigenvalue weighted by Crippen LogP contribution is -2.35. The number of methoxy groups -OCH3 is 3. The lowest BCUT2D eigenvalue weighted by atomic mass is 9.65. The van der Waals surface area contributed by atoms with Crippen LogP contribution in [0.25, 0.3) is 0 Å². The summed E-state index contributed by atoms with van der Waals surface area (Å²) in [5.74, 6) is 3.01. The number of benzene rings is 1. The average Bonchev–Trinajstić information content (AvgIpc) is 2.46. The summed E-state index contributed by atoms with van der Waals surface area (Å²) in [5, 5.41) is 0. The summed E-state index contributed by atoms with van der Waals surface area (Å²) in [5.41, 5.74) is 2.69. The molecule has 3 aliphatic carbocycles. The molecule has 0 spiro atoms. The summed E-state index contributed by atoms with van der Waals surface area (Å²) in [6, 6.07) is 4.05. The summed E-state index contributed by atoms with van der Waals surface area (Å²) in [4.78, 5) is 0. The van der Waals surface area contributed by atoms with Gasteiger partial charge in [-0.3, -0.25) is 0 Å². The Balaban J connectivity index is 2.17. The van der Waals surface area contributed by atoms with Crippen molar-refractivity contribution in [1.82, 2.24) is 0 Å². The standard InChI is InChI=1S/C15H20O3/c1-16-11-6-7-12(17-2)15-10-5-4-9(14(11)15)8-13(10)18-3/h6-7,9-10,13H,4-5,8H2,1-3H3.